The summed E-state index contributed by atoms with van der Waals surface area (Å²) in [4.78, 5) is 0. The number of hydrogen-bond acceptors (Lipinski definition) is 1. The Morgan fingerprint density at radius 2 is 2.30 bits per heavy atom. The third-order valence-electron chi connectivity index (χ3n) is 3.22. The molecule has 1 nitrogen and oxygen atoms in total. The summed E-state index contributed by atoms with van der Waals surface area (Å²) in [7, 11) is 0. The molecule has 0 unspecified atom stereocenters. The van der Waals surface area contributed by atoms with Gasteiger partial charge in [0.2, 0.25) is 0 Å². The highest BCUT2D eigenvalue weighted by atomic mass is 16.3. The molecular formula is C9H14O. The van der Waals surface area contributed by atoms with Gasteiger partial charge in [-0.15, -0.1) is 6.58 Å². The molecule has 1 heteroatoms. The van der Waals surface area contributed by atoms with Crippen molar-refractivity contribution in [1.29, 1.82) is 0 Å². The molecular weight excluding hydrogens is 124 g/mol. The molecule has 2 aliphatic carbocycles. The van der Waals surface area contributed by atoms with Crippen LogP contribution in [0.3, 0.4) is 0 Å². The normalized spacial score (nSPS) is 51.7. The van der Waals surface area contributed by atoms with E-state index in [1.807, 2.05) is 0 Å². The lowest BCUT2D eigenvalue weighted by Gasteiger charge is -2.28. The number of fused-ring (bicyclic) bond motifs is 2. The van der Waals surface area contributed by atoms with Crippen LogP contribution in [-0.4, -0.2) is 10.7 Å². The Hall–Kier alpha value is -0.300. The van der Waals surface area contributed by atoms with E-state index in [1.54, 1.807) is 6.08 Å². The van der Waals surface area contributed by atoms with Crippen molar-refractivity contribution in [1.82, 2.24) is 0 Å². The molecule has 2 fully saturated rings. The Bertz CT molecular complexity index is 164. The van der Waals surface area contributed by atoms with Gasteiger partial charge in [-0.3, -0.25) is 0 Å². The predicted molar refractivity (Wildman–Crippen MR) is 40.6 cm³/mol. The predicted octanol–water partition coefficient (Wildman–Crippen LogP) is 1.72. The summed E-state index contributed by atoms with van der Waals surface area (Å²) < 4.78 is 0. The lowest BCUT2D eigenvalue weighted by atomic mass is 9.84. The van der Waals surface area contributed by atoms with Crippen molar-refractivity contribution in [3.63, 3.8) is 0 Å². The first-order chi connectivity index (χ1) is 4.74. The van der Waals surface area contributed by atoms with Gasteiger partial charge in [-0.25, -0.2) is 0 Å². The van der Waals surface area contributed by atoms with E-state index >= 15 is 0 Å². The van der Waals surface area contributed by atoms with Crippen molar-refractivity contribution in [2.75, 3.05) is 0 Å². The maximum Gasteiger partial charge on any atom is 0.0855 e. The molecule has 0 radical (unpaired) electrons. The van der Waals surface area contributed by atoms with Crippen LogP contribution >= 0.6 is 0 Å². The van der Waals surface area contributed by atoms with Crippen molar-refractivity contribution < 1.29 is 5.11 Å². The first-order valence-corrected chi connectivity index (χ1v) is 4.10. The zero-order valence-corrected chi connectivity index (χ0v) is 6.21. The quantitative estimate of drug-likeness (QED) is 0.547. The second kappa shape index (κ2) is 1.85. The Morgan fingerprint density at radius 3 is 2.60 bits per heavy atom. The van der Waals surface area contributed by atoms with Crippen LogP contribution in [0.15, 0.2) is 12.7 Å². The summed E-state index contributed by atoms with van der Waals surface area (Å²) >= 11 is 0. The van der Waals surface area contributed by atoms with Crippen LogP contribution in [0.2, 0.25) is 0 Å². The van der Waals surface area contributed by atoms with E-state index < -0.39 is 5.60 Å². The van der Waals surface area contributed by atoms with Crippen LogP contribution in [0.5, 0.6) is 0 Å². The maximum atomic E-state index is 9.87. The number of rotatable bonds is 1. The molecule has 2 rings (SSSR count). The maximum absolute atomic E-state index is 9.87. The van der Waals surface area contributed by atoms with Gasteiger partial charge < -0.3 is 5.11 Å². The highest BCUT2D eigenvalue weighted by Gasteiger charge is 2.47. The highest BCUT2D eigenvalue weighted by molar-refractivity contribution is 5.09. The summed E-state index contributed by atoms with van der Waals surface area (Å²) in [6.45, 7) is 3.68. The number of hydrogen-bond donors (Lipinski definition) is 1. The largest absolute Gasteiger partial charge is 0.386 e. The second-order valence-electron chi connectivity index (χ2n) is 3.78. The highest BCUT2D eigenvalue weighted by Crippen LogP contribution is 2.51. The molecule has 0 heterocycles. The van der Waals surface area contributed by atoms with Crippen LogP contribution in [0.4, 0.5) is 0 Å². The van der Waals surface area contributed by atoms with E-state index in [2.05, 4.69) is 6.58 Å². The van der Waals surface area contributed by atoms with Gasteiger partial charge in [0.1, 0.15) is 0 Å². The molecule has 3 atom stereocenters. The first-order valence-electron chi connectivity index (χ1n) is 4.10. The Labute approximate surface area is 61.8 Å². The van der Waals surface area contributed by atoms with Crippen LogP contribution in [-0.2, 0) is 0 Å². The van der Waals surface area contributed by atoms with Gasteiger partial charge >= 0.3 is 0 Å². The molecule has 0 amide bonds. The van der Waals surface area contributed by atoms with E-state index in [-0.39, 0.29) is 0 Å². The summed E-state index contributed by atoms with van der Waals surface area (Å²) in [5.74, 6) is 1.34. The van der Waals surface area contributed by atoms with Gasteiger partial charge in [-0.1, -0.05) is 6.08 Å². The van der Waals surface area contributed by atoms with E-state index in [4.69, 9.17) is 0 Å². The smallest absolute Gasteiger partial charge is 0.0855 e. The topological polar surface area (TPSA) is 20.2 Å². The second-order valence-corrected chi connectivity index (χ2v) is 3.78. The molecule has 2 aliphatic rings. The Morgan fingerprint density at radius 1 is 1.50 bits per heavy atom. The third kappa shape index (κ3) is 0.671. The average molecular weight is 138 g/mol. The van der Waals surface area contributed by atoms with Crippen LogP contribution in [0.1, 0.15) is 25.7 Å². The third-order valence-corrected chi connectivity index (χ3v) is 3.22. The van der Waals surface area contributed by atoms with E-state index in [0.29, 0.717) is 5.92 Å². The van der Waals surface area contributed by atoms with Crippen molar-refractivity contribution in [2.45, 2.75) is 31.3 Å². The van der Waals surface area contributed by atoms with Crippen molar-refractivity contribution in [2.24, 2.45) is 11.8 Å². The van der Waals surface area contributed by atoms with Gasteiger partial charge in [0, 0.05) is 0 Å². The minimum atomic E-state index is -0.483. The fourth-order valence-electron chi connectivity index (χ4n) is 2.59. The zero-order chi connectivity index (χ0) is 7.19. The van der Waals surface area contributed by atoms with Crippen molar-refractivity contribution in [3.8, 4) is 0 Å². The van der Waals surface area contributed by atoms with Crippen LogP contribution < -0.4 is 0 Å². The van der Waals surface area contributed by atoms with Gasteiger partial charge in [-0.2, -0.15) is 0 Å². The summed E-state index contributed by atoms with van der Waals surface area (Å²) in [6, 6.07) is 0. The standard InChI is InChI=1S/C9H14O/c1-2-9(10)6-7-3-4-8(9)5-7/h2,7-8,10H,1,3-6H2/t7-,8-,9+/m0/s1. The molecule has 1 N–H and O–H groups in total. The van der Waals surface area contributed by atoms with E-state index in [1.165, 1.54) is 19.3 Å². The molecule has 2 bridgehead atoms. The van der Waals surface area contributed by atoms with Crippen molar-refractivity contribution in [3.05, 3.63) is 12.7 Å². The van der Waals surface area contributed by atoms with Gasteiger partial charge in [0.15, 0.2) is 0 Å². The molecule has 0 aromatic rings. The minimum Gasteiger partial charge on any atom is -0.386 e. The fourth-order valence-corrected chi connectivity index (χ4v) is 2.59. The summed E-state index contributed by atoms with van der Waals surface area (Å²) in [5.41, 5.74) is -0.483. The molecule has 10 heavy (non-hydrogen) atoms. The van der Waals surface area contributed by atoms with Gasteiger partial charge in [0.05, 0.1) is 5.60 Å². The Kier molecular flexibility index (Phi) is 1.19. The monoisotopic (exact) mass is 138 g/mol. The van der Waals surface area contributed by atoms with Crippen molar-refractivity contribution >= 4 is 0 Å². The summed E-state index contributed by atoms with van der Waals surface area (Å²) in [6.07, 6.45) is 6.51. The van der Waals surface area contributed by atoms with Crippen LogP contribution in [0, 0.1) is 11.8 Å². The van der Waals surface area contributed by atoms with Gasteiger partial charge in [-0.05, 0) is 37.5 Å². The fraction of sp³-hybridized carbons (Fsp3) is 0.778. The molecule has 0 aromatic heterocycles. The molecule has 0 saturated heterocycles. The lowest BCUT2D eigenvalue weighted by Crippen LogP contribution is -2.32. The van der Waals surface area contributed by atoms with E-state index in [0.717, 1.165) is 12.3 Å². The first kappa shape index (κ1) is 6.41. The SMILES string of the molecule is C=C[C@@]1(O)C[C@H]2CC[C@H]1C2. The van der Waals surface area contributed by atoms with Crippen LogP contribution in [0.25, 0.3) is 0 Å². The Balaban J connectivity index is 2.21. The molecule has 0 aliphatic heterocycles. The summed E-state index contributed by atoms with van der Waals surface area (Å²) in [5, 5.41) is 9.87. The molecule has 0 aromatic carbocycles. The van der Waals surface area contributed by atoms with E-state index in [9.17, 15) is 5.11 Å². The lowest BCUT2D eigenvalue weighted by molar-refractivity contribution is 0.0344. The minimum absolute atomic E-state index is 0.483. The molecule has 2 saturated carbocycles. The zero-order valence-electron chi connectivity index (χ0n) is 6.21. The molecule has 56 valence electrons. The average Bonchev–Trinajstić information content (AvgIpc) is 2.46. The molecule has 0 spiro atoms. The number of aliphatic hydroxyl groups is 1. The van der Waals surface area contributed by atoms with Gasteiger partial charge in [0.25, 0.3) is 0 Å².